The maximum atomic E-state index is 14.4. The first kappa shape index (κ1) is 28.0. The van der Waals surface area contributed by atoms with Crippen LogP contribution in [0.2, 0.25) is 10.0 Å². The van der Waals surface area contributed by atoms with Crippen molar-refractivity contribution in [1.29, 1.82) is 0 Å². The molecular weight excluding hydrogens is 561 g/mol. The molecule has 0 atom stereocenters. The van der Waals surface area contributed by atoms with E-state index in [1.165, 1.54) is 6.07 Å². The molecule has 1 heterocycles. The molecule has 2 aliphatic rings. The number of likely N-dealkylation sites (tertiary alicyclic amines) is 1. The molecule has 4 rings (SSSR count). The summed E-state index contributed by atoms with van der Waals surface area (Å²) in [6, 6.07) is 7.30. The second-order valence-corrected chi connectivity index (χ2v) is 10.6. The summed E-state index contributed by atoms with van der Waals surface area (Å²) >= 11 is 18.0. The summed E-state index contributed by atoms with van der Waals surface area (Å²) in [5.41, 5.74) is 0.883. The van der Waals surface area contributed by atoms with E-state index < -0.39 is 27.9 Å². The Balaban J connectivity index is 1.48. The van der Waals surface area contributed by atoms with Crippen molar-refractivity contribution >= 4 is 46.0 Å². The molecule has 2 aromatic carbocycles. The number of nitrogens with zero attached hydrogens (tertiary/aromatic N) is 1. The summed E-state index contributed by atoms with van der Waals surface area (Å²) < 4.78 is 58.9. The first-order valence-corrected chi connectivity index (χ1v) is 12.8. The number of hydrogen-bond donors (Lipinski definition) is 0. The quantitative estimate of drug-likeness (QED) is 0.187. The maximum Gasteiger partial charge on any atom is 0.497 e. The maximum absolute atomic E-state index is 14.4. The van der Waals surface area contributed by atoms with Crippen molar-refractivity contribution < 1.29 is 41.4 Å². The van der Waals surface area contributed by atoms with Crippen molar-refractivity contribution in [1.82, 2.24) is 0 Å². The zero-order valence-electron chi connectivity index (χ0n) is 19.4. The van der Waals surface area contributed by atoms with Gasteiger partial charge in [-0.3, -0.25) is 9.63 Å². The minimum Gasteiger partial charge on any atom is -0.493 e. The first-order valence-electron chi connectivity index (χ1n) is 11.6. The average Bonchev–Trinajstić information content (AvgIpc) is 3.66. The summed E-state index contributed by atoms with van der Waals surface area (Å²) in [6.45, 7) is 0.189. The molecule has 0 N–H and O–H groups in total. The molecule has 1 aliphatic heterocycles. The number of alkyl halides is 3. The number of rotatable bonds is 8. The molecule has 0 amide bonds. The molecule has 2 fully saturated rings. The van der Waals surface area contributed by atoms with E-state index in [4.69, 9.17) is 44.4 Å². The van der Waals surface area contributed by atoms with Crippen LogP contribution < -0.4 is 4.74 Å². The number of benzene rings is 2. The van der Waals surface area contributed by atoms with Crippen LogP contribution in [0.4, 0.5) is 17.6 Å². The van der Waals surface area contributed by atoms with Crippen molar-refractivity contribution in [3.8, 4) is 5.75 Å². The number of ether oxygens (including phenoxy) is 1. The Hall–Kier alpha value is -2.07. The molecule has 2 aromatic rings. The number of hydrogen-bond acceptors (Lipinski definition) is 4. The van der Waals surface area contributed by atoms with E-state index in [1.807, 2.05) is 0 Å². The number of quaternary nitrogens is 1. The van der Waals surface area contributed by atoms with Crippen molar-refractivity contribution in [2.45, 2.75) is 44.3 Å². The second-order valence-electron chi connectivity index (χ2n) is 9.41. The fourth-order valence-electron chi connectivity index (χ4n) is 4.51. The fourth-order valence-corrected chi connectivity index (χ4v) is 5.17. The van der Waals surface area contributed by atoms with Gasteiger partial charge in [-0.2, -0.15) is 13.2 Å². The van der Waals surface area contributed by atoms with E-state index in [2.05, 4.69) is 0 Å². The molecular formula is C25H23Cl3F4NO4+. The van der Waals surface area contributed by atoms with Crippen LogP contribution in [-0.4, -0.2) is 41.7 Å². The van der Waals surface area contributed by atoms with Crippen LogP contribution in [-0.2, 0) is 16.2 Å². The molecule has 0 radical (unpaired) electrons. The Morgan fingerprint density at radius 1 is 1.03 bits per heavy atom. The summed E-state index contributed by atoms with van der Waals surface area (Å²) in [4.78, 5) is 28.3. The highest BCUT2D eigenvalue weighted by atomic mass is 35.5. The molecule has 0 bridgehead atoms. The van der Waals surface area contributed by atoms with Gasteiger partial charge in [-0.05, 0) is 54.1 Å². The van der Waals surface area contributed by atoms with Gasteiger partial charge in [0.25, 0.3) is 5.24 Å². The fraction of sp³-hybridized carbons (Fsp3) is 0.440. The predicted molar refractivity (Wildman–Crippen MR) is 129 cm³/mol. The monoisotopic (exact) mass is 582 g/mol. The van der Waals surface area contributed by atoms with Crippen LogP contribution >= 0.6 is 34.8 Å². The van der Waals surface area contributed by atoms with Gasteiger partial charge in [-0.1, -0.05) is 29.3 Å². The van der Waals surface area contributed by atoms with Crippen LogP contribution in [0.25, 0.3) is 0 Å². The van der Waals surface area contributed by atoms with Gasteiger partial charge in [0.15, 0.2) is 0 Å². The molecule has 37 heavy (non-hydrogen) atoms. The van der Waals surface area contributed by atoms with E-state index in [0.29, 0.717) is 29.7 Å². The van der Waals surface area contributed by atoms with Crippen LogP contribution in [0.15, 0.2) is 30.3 Å². The Labute approximate surface area is 225 Å². The van der Waals surface area contributed by atoms with E-state index >= 15 is 0 Å². The van der Waals surface area contributed by atoms with Crippen LogP contribution in [0.1, 0.15) is 53.1 Å². The number of carbonyl (C=O) groups excluding carboxylic acids is 2. The molecule has 200 valence electrons. The molecule has 1 saturated carbocycles. The smallest absolute Gasteiger partial charge is 0.493 e. The third-order valence-electron chi connectivity index (χ3n) is 6.71. The molecule has 0 unspecified atom stereocenters. The lowest BCUT2D eigenvalue weighted by Gasteiger charge is -2.40. The van der Waals surface area contributed by atoms with Gasteiger partial charge >= 0.3 is 12.1 Å². The van der Waals surface area contributed by atoms with Crippen LogP contribution in [0.5, 0.6) is 5.75 Å². The highest BCUT2D eigenvalue weighted by molar-refractivity contribution is 6.67. The number of hydroxylamine groups is 3. The van der Waals surface area contributed by atoms with Gasteiger partial charge < -0.3 is 4.74 Å². The highest BCUT2D eigenvalue weighted by Gasteiger charge is 2.49. The molecule has 1 aliphatic carbocycles. The number of piperidine rings is 1. The third kappa shape index (κ3) is 6.69. The Morgan fingerprint density at radius 2 is 1.65 bits per heavy atom. The molecule has 0 aromatic heterocycles. The van der Waals surface area contributed by atoms with Crippen molar-refractivity contribution in [3.63, 3.8) is 0 Å². The molecule has 1 saturated heterocycles. The van der Waals surface area contributed by atoms with Crippen molar-refractivity contribution in [2.24, 2.45) is 5.92 Å². The zero-order chi connectivity index (χ0) is 27.0. The Bertz CT molecular complexity index is 1170. The third-order valence-corrected chi connectivity index (χ3v) is 7.62. The lowest BCUT2D eigenvalue weighted by molar-refractivity contribution is -1.10. The topological polar surface area (TPSA) is 52.6 Å². The van der Waals surface area contributed by atoms with E-state index in [-0.39, 0.29) is 53.7 Å². The van der Waals surface area contributed by atoms with E-state index in [0.717, 1.165) is 18.9 Å². The van der Waals surface area contributed by atoms with E-state index in [1.54, 1.807) is 18.2 Å². The Morgan fingerprint density at radius 3 is 2.19 bits per heavy atom. The summed E-state index contributed by atoms with van der Waals surface area (Å²) in [5, 5.41) is -0.376. The van der Waals surface area contributed by atoms with Gasteiger partial charge in [0.05, 0.1) is 22.2 Å². The first-order chi connectivity index (χ1) is 17.4. The highest BCUT2D eigenvalue weighted by Crippen LogP contribution is 2.45. The van der Waals surface area contributed by atoms with Gasteiger partial charge in [-0.15, -0.1) is 4.65 Å². The minimum absolute atomic E-state index is 0.0704. The minimum atomic E-state index is -5.16. The average molecular weight is 584 g/mol. The summed E-state index contributed by atoms with van der Waals surface area (Å²) in [7, 11) is 0. The lowest BCUT2D eigenvalue weighted by atomic mass is 9.96. The number of halogens is 7. The van der Waals surface area contributed by atoms with Crippen molar-refractivity contribution in [3.05, 3.63) is 62.9 Å². The van der Waals surface area contributed by atoms with Gasteiger partial charge in [-0.25, -0.2) is 9.18 Å². The zero-order valence-corrected chi connectivity index (χ0v) is 21.7. The molecule has 5 nitrogen and oxygen atoms in total. The lowest BCUT2D eigenvalue weighted by Crippen LogP contribution is -2.55. The predicted octanol–water partition coefficient (Wildman–Crippen LogP) is 7.22. The largest absolute Gasteiger partial charge is 0.497 e. The van der Waals surface area contributed by atoms with Gasteiger partial charge in [0.1, 0.15) is 31.2 Å². The van der Waals surface area contributed by atoms with Crippen LogP contribution in [0.3, 0.4) is 0 Å². The Kier molecular flexibility index (Phi) is 8.28. The van der Waals surface area contributed by atoms with Gasteiger partial charge in [0.2, 0.25) is 0 Å². The normalized spacial score (nSPS) is 22.0. The van der Waals surface area contributed by atoms with Crippen LogP contribution in [0, 0.1) is 11.7 Å². The molecule has 0 spiro atoms. The second kappa shape index (κ2) is 11.0. The van der Waals surface area contributed by atoms with Gasteiger partial charge in [0, 0.05) is 30.4 Å². The summed E-state index contributed by atoms with van der Waals surface area (Å²) in [6.07, 6.45) is -2.65. The van der Waals surface area contributed by atoms with Crippen molar-refractivity contribution in [2.75, 3.05) is 19.7 Å². The SMILES string of the molecule is O=C(Cl)c1cc(C2CC2)c(OCC2CC[N+](Cc3c(Cl)cccc3Cl)(OC(=O)C(F)(F)F)CC2)cc1F. The molecule has 12 heteroatoms. The standard InChI is InChI=1S/C25H23Cl3F4NO4/c26-19-2-1-3-20(27)18(19)12-33(37-24(35)25(30,31)32)8-6-14(7-9-33)13-36-22-11-21(29)17(23(28)34)10-16(22)15-4-5-15/h1-3,10-11,14-15H,4-9,12-13H2/q+1. The summed E-state index contributed by atoms with van der Waals surface area (Å²) in [5.74, 6) is -2.69. The number of carbonyl (C=O) groups is 2. The van der Waals surface area contributed by atoms with E-state index in [9.17, 15) is 27.2 Å².